The van der Waals surface area contributed by atoms with Gasteiger partial charge in [0.15, 0.2) is 5.65 Å². The molecule has 1 saturated heterocycles. The number of halogens is 2. The number of fused-ring (bicyclic) bond motifs is 1. The van der Waals surface area contributed by atoms with Crippen LogP contribution in [0.3, 0.4) is 0 Å². The van der Waals surface area contributed by atoms with E-state index in [1.54, 1.807) is 23.9 Å². The minimum absolute atomic E-state index is 0.0300. The van der Waals surface area contributed by atoms with Crippen molar-refractivity contribution in [2.45, 2.75) is 51.5 Å². The van der Waals surface area contributed by atoms with E-state index in [-0.39, 0.29) is 17.9 Å². The fourth-order valence-corrected chi connectivity index (χ4v) is 6.33. The van der Waals surface area contributed by atoms with E-state index in [9.17, 15) is 4.79 Å². The second kappa shape index (κ2) is 9.64. The van der Waals surface area contributed by atoms with Crippen LogP contribution < -0.4 is 0 Å². The Bertz CT molecular complexity index is 1380. The lowest BCUT2D eigenvalue weighted by molar-refractivity contribution is -0.132. The van der Waals surface area contributed by atoms with Crippen molar-refractivity contribution in [2.24, 2.45) is 0 Å². The van der Waals surface area contributed by atoms with Crippen molar-refractivity contribution in [3.8, 4) is 11.3 Å². The third-order valence-electron chi connectivity index (χ3n) is 6.52. The summed E-state index contributed by atoms with van der Waals surface area (Å²) in [6.45, 7) is 8.28. The summed E-state index contributed by atoms with van der Waals surface area (Å²) in [5.41, 5.74) is 4.68. The molecule has 1 aliphatic heterocycles. The summed E-state index contributed by atoms with van der Waals surface area (Å²) >= 11 is 11.9. The fraction of sp³-hybridized carbons (Fsp3) is 0.385. The number of carbonyl (C=O) groups is 1. The van der Waals surface area contributed by atoms with E-state index in [2.05, 4.69) is 64.9 Å². The molecule has 9 heteroatoms. The predicted octanol–water partition coefficient (Wildman–Crippen LogP) is 6.67. The molecule has 0 atom stereocenters. The van der Waals surface area contributed by atoms with Crippen LogP contribution in [0.2, 0.25) is 4.34 Å². The number of likely N-dealkylation sites (tertiary alicyclic amines) is 1. The molecule has 6 nitrogen and oxygen atoms in total. The van der Waals surface area contributed by atoms with E-state index in [0.29, 0.717) is 19.0 Å². The fourth-order valence-electron chi connectivity index (χ4n) is 4.46. The molecule has 5 rings (SSSR count). The number of aromatic nitrogens is 4. The van der Waals surface area contributed by atoms with Crippen molar-refractivity contribution in [2.75, 3.05) is 13.1 Å². The molecule has 0 radical (unpaired) electrons. The van der Waals surface area contributed by atoms with Crippen LogP contribution in [-0.4, -0.2) is 43.4 Å². The van der Waals surface area contributed by atoms with Gasteiger partial charge in [0.1, 0.15) is 22.1 Å². The van der Waals surface area contributed by atoms with Crippen LogP contribution in [0, 0.1) is 0 Å². The topological polar surface area (TPSA) is 63.9 Å². The number of amides is 1. The molecule has 4 heterocycles. The summed E-state index contributed by atoms with van der Waals surface area (Å²) < 4.78 is 3.56. The van der Waals surface area contributed by atoms with Crippen molar-refractivity contribution < 1.29 is 4.79 Å². The van der Waals surface area contributed by atoms with Gasteiger partial charge < -0.3 is 9.47 Å². The molecule has 1 aromatic carbocycles. The summed E-state index contributed by atoms with van der Waals surface area (Å²) in [5.74, 6) is 0.399. The largest absolute Gasteiger partial charge is 0.341 e. The van der Waals surface area contributed by atoms with Crippen molar-refractivity contribution >= 4 is 55.9 Å². The zero-order chi connectivity index (χ0) is 24.7. The highest BCUT2D eigenvalue weighted by Crippen LogP contribution is 2.40. The minimum Gasteiger partial charge on any atom is -0.341 e. The lowest BCUT2D eigenvalue weighted by Gasteiger charge is -2.31. The maximum Gasteiger partial charge on any atom is 0.242 e. The molecule has 3 aromatic heterocycles. The number of nitrogens with zero attached hydrogens (tertiary/aromatic N) is 5. The third kappa shape index (κ3) is 5.15. The molecular weight excluding hydrogens is 546 g/mol. The molecule has 0 spiro atoms. The quantitative estimate of drug-likeness (QED) is 0.274. The Kier molecular flexibility index (Phi) is 6.72. The third-order valence-corrected chi connectivity index (χ3v) is 8.39. The number of benzene rings is 1. The molecule has 1 amide bonds. The maximum atomic E-state index is 13.0. The Morgan fingerprint density at radius 3 is 2.71 bits per heavy atom. The van der Waals surface area contributed by atoms with Gasteiger partial charge in [0.05, 0.1) is 11.3 Å². The van der Waals surface area contributed by atoms with Crippen molar-refractivity contribution in [3.63, 3.8) is 0 Å². The summed E-state index contributed by atoms with van der Waals surface area (Å²) in [6.07, 6.45) is 5.17. The number of piperidine rings is 1. The first-order valence-corrected chi connectivity index (χ1v) is 13.7. The molecule has 0 unspecified atom stereocenters. The predicted molar refractivity (Wildman–Crippen MR) is 145 cm³/mol. The molecule has 182 valence electrons. The van der Waals surface area contributed by atoms with Gasteiger partial charge >= 0.3 is 0 Å². The summed E-state index contributed by atoms with van der Waals surface area (Å²) in [7, 11) is 0. The Morgan fingerprint density at radius 2 is 1.97 bits per heavy atom. The number of imidazole rings is 1. The number of carbonyl (C=O) groups excluding carboxylic acids is 1. The molecular formula is C26H27BrClN5OS. The van der Waals surface area contributed by atoms with Gasteiger partial charge in [-0.15, -0.1) is 11.3 Å². The lowest BCUT2D eigenvalue weighted by Crippen LogP contribution is -2.39. The Morgan fingerprint density at radius 1 is 1.20 bits per heavy atom. The summed E-state index contributed by atoms with van der Waals surface area (Å²) in [5, 5.41) is 1.05. The zero-order valence-corrected chi connectivity index (χ0v) is 23.1. The second-order valence-electron chi connectivity index (χ2n) is 10.0. The van der Waals surface area contributed by atoms with Crippen LogP contribution in [0.15, 0.2) is 47.3 Å². The number of thiazole rings is 1. The van der Waals surface area contributed by atoms with E-state index in [1.165, 1.54) is 5.56 Å². The standard InChI is InChI=1S/C26H27BrClN5OS/c1-26(2,3)18-11-17(12-19(27)13-18)22-23(28)35-25(31-22)16-6-9-32(10-7-16)21(34)14-33-15-30-20-5-4-8-29-24(20)33/h4-5,8,11-13,15-16H,6-7,9-10,14H2,1-3H3. The van der Waals surface area contributed by atoms with Crippen molar-refractivity contribution in [1.82, 2.24) is 24.4 Å². The molecule has 0 N–H and O–H groups in total. The first-order chi connectivity index (χ1) is 16.7. The molecule has 4 aromatic rings. The lowest BCUT2D eigenvalue weighted by atomic mass is 9.86. The SMILES string of the molecule is CC(C)(C)c1cc(Br)cc(-c2nc(C3CCN(C(=O)Cn4cnc5cccnc54)CC3)sc2Cl)c1. The second-order valence-corrected chi connectivity index (χ2v) is 12.6. The van der Waals surface area contributed by atoms with E-state index in [4.69, 9.17) is 16.6 Å². The number of pyridine rings is 1. The highest BCUT2D eigenvalue weighted by atomic mass is 79.9. The monoisotopic (exact) mass is 571 g/mol. The summed E-state index contributed by atoms with van der Waals surface area (Å²) in [4.78, 5) is 28.6. The average Bonchev–Trinajstić information content (AvgIpc) is 3.42. The molecule has 35 heavy (non-hydrogen) atoms. The van der Waals surface area contributed by atoms with Gasteiger partial charge in [-0.3, -0.25) is 4.79 Å². The van der Waals surface area contributed by atoms with Crippen molar-refractivity contribution in [1.29, 1.82) is 0 Å². The van der Waals surface area contributed by atoms with Gasteiger partial charge in [-0.2, -0.15) is 0 Å². The molecule has 0 bridgehead atoms. The Labute approximate surface area is 222 Å². The van der Waals surface area contributed by atoms with Crippen LogP contribution >= 0.6 is 38.9 Å². The van der Waals surface area contributed by atoms with Gasteiger partial charge in [0.25, 0.3) is 0 Å². The number of hydrogen-bond acceptors (Lipinski definition) is 5. The van der Waals surface area contributed by atoms with Gasteiger partial charge in [-0.05, 0) is 54.2 Å². The van der Waals surface area contributed by atoms with E-state index in [1.807, 2.05) is 21.6 Å². The first kappa shape index (κ1) is 24.4. The van der Waals surface area contributed by atoms with Gasteiger partial charge in [-0.1, -0.05) is 48.3 Å². The molecule has 0 saturated carbocycles. The Balaban J connectivity index is 1.27. The number of rotatable bonds is 4. The zero-order valence-electron chi connectivity index (χ0n) is 20.0. The highest BCUT2D eigenvalue weighted by Gasteiger charge is 2.28. The smallest absolute Gasteiger partial charge is 0.242 e. The van der Waals surface area contributed by atoms with Gasteiger partial charge in [0, 0.05) is 35.2 Å². The van der Waals surface area contributed by atoms with Crippen LogP contribution in [0.25, 0.3) is 22.4 Å². The van der Waals surface area contributed by atoms with Crippen LogP contribution in [0.1, 0.15) is 50.1 Å². The summed E-state index contributed by atoms with van der Waals surface area (Å²) in [6, 6.07) is 10.2. The van der Waals surface area contributed by atoms with Gasteiger partial charge in [0.2, 0.25) is 5.91 Å². The van der Waals surface area contributed by atoms with Gasteiger partial charge in [-0.25, -0.2) is 15.0 Å². The number of hydrogen-bond donors (Lipinski definition) is 0. The highest BCUT2D eigenvalue weighted by molar-refractivity contribution is 9.10. The van der Waals surface area contributed by atoms with Crippen molar-refractivity contribution in [3.05, 3.63) is 62.2 Å². The van der Waals surface area contributed by atoms with Crippen LogP contribution in [0.5, 0.6) is 0 Å². The minimum atomic E-state index is 0.0300. The first-order valence-electron chi connectivity index (χ1n) is 11.7. The van der Waals surface area contributed by atoms with E-state index in [0.717, 1.165) is 49.1 Å². The molecule has 0 aliphatic carbocycles. The van der Waals surface area contributed by atoms with Crippen LogP contribution in [0.4, 0.5) is 0 Å². The van der Waals surface area contributed by atoms with E-state index < -0.39 is 0 Å². The molecule has 1 aliphatic rings. The molecule has 1 fully saturated rings. The average molecular weight is 573 g/mol. The normalized spacial score (nSPS) is 15.2. The Hall–Kier alpha value is -2.29. The van der Waals surface area contributed by atoms with Crippen LogP contribution in [-0.2, 0) is 16.8 Å². The maximum absolute atomic E-state index is 13.0. The van der Waals surface area contributed by atoms with E-state index >= 15 is 0 Å².